The molecule has 0 heterocycles. The quantitative estimate of drug-likeness (QED) is 0.0211. The van der Waals surface area contributed by atoms with E-state index >= 15 is 0 Å². The maximum Gasteiger partial charge on any atom is 0.0287 e. The first-order valence-corrected chi connectivity index (χ1v) is 32.6. The molecular formula is C54H46S14. The summed E-state index contributed by atoms with van der Waals surface area (Å²) >= 11 is 32.9. The molecule has 0 N–H and O–H groups in total. The Morgan fingerprint density at radius 1 is 0.235 bits per heavy atom. The van der Waals surface area contributed by atoms with E-state index in [0.29, 0.717) is 10.5 Å². The minimum Gasteiger partial charge on any atom is -0.143 e. The van der Waals surface area contributed by atoms with Crippen molar-refractivity contribution in [2.24, 2.45) is 0 Å². The Kier molecular flexibility index (Phi) is 22.0. The lowest BCUT2D eigenvalue weighted by Crippen LogP contribution is -2.11. The van der Waals surface area contributed by atoms with Crippen LogP contribution in [0.4, 0.5) is 0 Å². The van der Waals surface area contributed by atoms with Crippen molar-refractivity contribution in [2.75, 3.05) is 23.0 Å². The van der Waals surface area contributed by atoms with E-state index in [1.54, 1.807) is 47.0 Å². The molecule has 68 heavy (non-hydrogen) atoms. The van der Waals surface area contributed by atoms with Gasteiger partial charge in [-0.05, 0) is 194 Å². The highest BCUT2D eigenvalue weighted by atomic mass is 33.1. The Balaban J connectivity index is 0.906. The molecule has 14 heteroatoms. The average Bonchev–Trinajstić information content (AvgIpc) is 3.36. The van der Waals surface area contributed by atoms with Crippen molar-refractivity contribution in [3.63, 3.8) is 0 Å². The zero-order valence-corrected chi connectivity index (χ0v) is 48.1. The van der Waals surface area contributed by atoms with Crippen molar-refractivity contribution >= 4 is 166 Å². The van der Waals surface area contributed by atoms with E-state index in [4.69, 9.17) is 0 Å². The number of rotatable bonds is 23. The largest absolute Gasteiger partial charge is 0.143 e. The fourth-order valence-electron chi connectivity index (χ4n) is 6.22. The van der Waals surface area contributed by atoms with Crippen molar-refractivity contribution in [2.45, 2.75) is 88.8 Å². The van der Waals surface area contributed by atoms with Crippen molar-refractivity contribution < 1.29 is 0 Å². The van der Waals surface area contributed by atoms with E-state index in [1.807, 2.05) is 117 Å². The molecule has 8 aromatic carbocycles. The summed E-state index contributed by atoms with van der Waals surface area (Å²) < 4.78 is 0. The molecule has 0 saturated carbocycles. The van der Waals surface area contributed by atoms with Crippen LogP contribution in [0.3, 0.4) is 0 Å². The van der Waals surface area contributed by atoms with Crippen LogP contribution < -0.4 is 0 Å². The number of thiol groups is 4. The normalized spacial score (nSPS) is 12.2. The predicted molar refractivity (Wildman–Crippen MR) is 323 cm³/mol. The van der Waals surface area contributed by atoms with E-state index < -0.39 is 0 Å². The third kappa shape index (κ3) is 18.3. The van der Waals surface area contributed by atoms with Crippen LogP contribution >= 0.6 is 166 Å². The second-order valence-corrected chi connectivity index (χ2v) is 29.1. The zero-order valence-electron chi connectivity index (χ0n) is 36.3. The standard InChI is InChI=1S/C54H46S14/c55-37-1-9-43(10-2-37)63-47-21-17-41(18-22-47)59-33-53(67-51-29-25-49(26-30-51)65-45-13-5-39(57)6-14-45)35-61-62-36-54(68-52-31-27-50(28-32-52)66-46-15-7-40(58)8-16-46)34-60-42-19-23-48(24-20-42)64-44-11-3-38(56)4-12-44/h1-32,53-58H,33-36H2. The Morgan fingerprint density at radius 3 is 0.662 bits per heavy atom. The SMILES string of the molecule is Sc1ccc(Sc2ccc(SCC(CSSCC(CSc3ccc(Sc4ccc(S)cc4)cc3)Sc3ccc(Sc4ccc(S)cc4)cc3)Sc3ccc(Sc4ccc(S)cc4)cc3)cc2)cc1. The first-order chi connectivity index (χ1) is 33.2. The van der Waals surface area contributed by atoms with Gasteiger partial charge in [-0.2, -0.15) is 0 Å². The Morgan fingerprint density at radius 2 is 0.426 bits per heavy atom. The molecule has 2 atom stereocenters. The van der Waals surface area contributed by atoms with Crippen LogP contribution in [0, 0.1) is 0 Å². The van der Waals surface area contributed by atoms with Gasteiger partial charge < -0.3 is 0 Å². The Hall–Kier alpha value is -1.34. The van der Waals surface area contributed by atoms with Gasteiger partial charge in [-0.25, -0.2) is 0 Å². The molecule has 0 aliphatic heterocycles. The van der Waals surface area contributed by atoms with Gasteiger partial charge in [0.05, 0.1) is 0 Å². The van der Waals surface area contributed by atoms with Gasteiger partial charge in [-0.1, -0.05) is 68.6 Å². The van der Waals surface area contributed by atoms with Crippen LogP contribution in [0.2, 0.25) is 0 Å². The molecule has 0 aliphatic rings. The lowest BCUT2D eigenvalue weighted by atomic mass is 10.4. The fourth-order valence-corrected chi connectivity index (χ4v) is 18.1. The topological polar surface area (TPSA) is 0 Å². The number of hydrogen-bond donors (Lipinski definition) is 4. The van der Waals surface area contributed by atoms with Gasteiger partial charge >= 0.3 is 0 Å². The maximum absolute atomic E-state index is 4.46. The fraction of sp³-hybridized carbons (Fsp3) is 0.111. The van der Waals surface area contributed by atoms with Gasteiger partial charge in [-0.3, -0.25) is 0 Å². The summed E-state index contributed by atoms with van der Waals surface area (Å²) in [6.45, 7) is 0. The van der Waals surface area contributed by atoms with Crippen molar-refractivity contribution in [1.29, 1.82) is 0 Å². The first-order valence-electron chi connectivity index (χ1n) is 21.3. The minimum absolute atomic E-state index is 0.425. The molecule has 0 nitrogen and oxygen atoms in total. The summed E-state index contributed by atoms with van der Waals surface area (Å²) in [6, 6.07) is 69.7. The van der Waals surface area contributed by atoms with Gasteiger partial charge in [0.2, 0.25) is 0 Å². The summed E-state index contributed by atoms with van der Waals surface area (Å²) in [7, 11) is 4.04. The molecule has 8 rings (SSSR count). The van der Waals surface area contributed by atoms with E-state index in [-0.39, 0.29) is 0 Å². The molecule has 8 aromatic rings. The molecular weight excluding hydrogens is 1100 g/mol. The van der Waals surface area contributed by atoms with Crippen LogP contribution in [0.25, 0.3) is 0 Å². The predicted octanol–water partition coefficient (Wildman–Crippen LogP) is 20.0. The third-order valence-electron chi connectivity index (χ3n) is 9.65. The molecule has 346 valence electrons. The smallest absolute Gasteiger partial charge is 0.0287 e. The second-order valence-electron chi connectivity index (χ2n) is 14.9. The van der Waals surface area contributed by atoms with Crippen LogP contribution in [0.5, 0.6) is 0 Å². The van der Waals surface area contributed by atoms with Gasteiger partial charge in [0, 0.05) is 112 Å². The molecule has 0 saturated heterocycles. The molecule has 0 amide bonds. The van der Waals surface area contributed by atoms with E-state index in [1.165, 1.54) is 58.7 Å². The van der Waals surface area contributed by atoms with Crippen LogP contribution in [-0.2, 0) is 0 Å². The first kappa shape index (κ1) is 53.0. The molecule has 2 unspecified atom stereocenters. The Labute approximate surface area is 466 Å². The van der Waals surface area contributed by atoms with E-state index in [9.17, 15) is 0 Å². The second kappa shape index (κ2) is 28.2. The highest BCUT2D eigenvalue weighted by Crippen LogP contribution is 2.40. The van der Waals surface area contributed by atoms with Gasteiger partial charge in [-0.15, -0.1) is 97.6 Å². The van der Waals surface area contributed by atoms with Gasteiger partial charge in [0.25, 0.3) is 0 Å². The molecule has 0 aromatic heterocycles. The van der Waals surface area contributed by atoms with Gasteiger partial charge in [0.1, 0.15) is 0 Å². The van der Waals surface area contributed by atoms with Gasteiger partial charge in [0.15, 0.2) is 0 Å². The summed E-state index contributed by atoms with van der Waals surface area (Å²) in [5, 5.41) is 0.851. The van der Waals surface area contributed by atoms with Crippen molar-refractivity contribution in [3.8, 4) is 0 Å². The minimum atomic E-state index is 0.425. The molecule has 0 fully saturated rings. The third-order valence-corrected chi connectivity index (χ3v) is 23.1. The number of benzene rings is 8. The summed E-state index contributed by atoms with van der Waals surface area (Å²) in [4.78, 5) is 19.0. The molecule has 0 radical (unpaired) electrons. The number of hydrogen-bond acceptors (Lipinski definition) is 14. The summed E-state index contributed by atoms with van der Waals surface area (Å²) in [6.07, 6.45) is 0. The van der Waals surface area contributed by atoms with E-state index in [0.717, 1.165) is 42.6 Å². The lowest BCUT2D eigenvalue weighted by Gasteiger charge is -2.19. The molecule has 0 bridgehead atoms. The average molecular weight is 1140 g/mol. The number of thioether (sulfide) groups is 4. The monoisotopic (exact) mass is 1140 g/mol. The van der Waals surface area contributed by atoms with E-state index in [2.05, 4.69) is 196 Å². The molecule has 0 spiro atoms. The highest BCUT2D eigenvalue weighted by Gasteiger charge is 2.17. The van der Waals surface area contributed by atoms with Crippen LogP contribution in [-0.4, -0.2) is 33.5 Å². The Bertz CT molecular complexity index is 2540. The highest BCUT2D eigenvalue weighted by molar-refractivity contribution is 8.76. The van der Waals surface area contributed by atoms with Crippen LogP contribution in [0.15, 0.2) is 272 Å². The zero-order chi connectivity index (χ0) is 46.9. The summed E-state index contributed by atoms with van der Waals surface area (Å²) in [5.41, 5.74) is 0. The maximum atomic E-state index is 4.46. The van der Waals surface area contributed by atoms with Crippen molar-refractivity contribution in [1.82, 2.24) is 0 Å². The summed E-state index contributed by atoms with van der Waals surface area (Å²) in [5.74, 6) is 4.13. The lowest BCUT2D eigenvalue weighted by molar-refractivity contribution is 1.14. The van der Waals surface area contributed by atoms with Crippen LogP contribution in [0.1, 0.15) is 0 Å². The molecule has 0 aliphatic carbocycles. The van der Waals surface area contributed by atoms with Crippen molar-refractivity contribution in [3.05, 3.63) is 194 Å².